The Hall–Kier alpha value is -2.77. The molecule has 3 aromatic rings. The van der Waals surface area contributed by atoms with E-state index in [-0.39, 0.29) is 5.91 Å². The predicted octanol–water partition coefficient (Wildman–Crippen LogP) is 4.42. The average molecular weight is 409 g/mol. The zero-order chi connectivity index (χ0) is 20.2. The van der Waals surface area contributed by atoms with Crippen LogP contribution < -0.4 is 10.2 Å². The molecule has 3 heterocycles. The summed E-state index contributed by atoms with van der Waals surface area (Å²) in [6.45, 7) is 7.46. The topological polar surface area (TPSA) is 67.4 Å². The number of hydrogen-bond acceptors (Lipinski definition) is 6. The largest absolute Gasteiger partial charge is 0.378 e. The molecule has 2 aromatic heterocycles. The van der Waals surface area contributed by atoms with Gasteiger partial charge in [0.05, 0.1) is 13.2 Å². The van der Waals surface area contributed by atoms with E-state index in [9.17, 15) is 4.79 Å². The second-order valence-electron chi connectivity index (χ2n) is 7.27. The van der Waals surface area contributed by atoms with Gasteiger partial charge in [-0.2, -0.15) is 0 Å². The van der Waals surface area contributed by atoms with Crippen LogP contribution in [0.25, 0.3) is 10.6 Å². The van der Waals surface area contributed by atoms with Crippen LogP contribution in [0.5, 0.6) is 0 Å². The van der Waals surface area contributed by atoms with Crippen molar-refractivity contribution in [1.29, 1.82) is 0 Å². The highest BCUT2D eigenvalue weighted by Gasteiger charge is 2.15. The summed E-state index contributed by atoms with van der Waals surface area (Å²) in [5, 5.41) is 5.48. The molecule has 29 heavy (non-hydrogen) atoms. The Kier molecular flexibility index (Phi) is 5.87. The van der Waals surface area contributed by atoms with Crippen molar-refractivity contribution >= 4 is 28.7 Å². The third-order valence-corrected chi connectivity index (χ3v) is 5.79. The van der Waals surface area contributed by atoms with E-state index in [1.807, 2.05) is 42.6 Å². The number of morpholine rings is 1. The molecule has 0 spiro atoms. The molecule has 0 atom stereocenters. The third kappa shape index (κ3) is 4.63. The quantitative estimate of drug-likeness (QED) is 0.677. The second kappa shape index (κ2) is 8.71. The zero-order valence-corrected chi connectivity index (χ0v) is 17.4. The molecule has 0 saturated carbocycles. The van der Waals surface area contributed by atoms with E-state index in [0.717, 1.165) is 48.4 Å². The van der Waals surface area contributed by atoms with Gasteiger partial charge >= 0.3 is 0 Å². The summed E-state index contributed by atoms with van der Waals surface area (Å²) >= 11 is 1.44. The minimum atomic E-state index is -0.206. The zero-order valence-electron chi connectivity index (χ0n) is 16.6. The number of anilines is 2. The van der Waals surface area contributed by atoms with Gasteiger partial charge in [-0.25, -0.2) is 9.97 Å². The lowest BCUT2D eigenvalue weighted by Crippen LogP contribution is -2.36. The van der Waals surface area contributed by atoms with Crippen LogP contribution in [-0.4, -0.2) is 42.2 Å². The van der Waals surface area contributed by atoms with Gasteiger partial charge in [-0.15, -0.1) is 11.3 Å². The molecule has 1 amide bonds. The molecule has 0 unspecified atom stereocenters. The summed E-state index contributed by atoms with van der Waals surface area (Å²) in [5.41, 5.74) is 3.33. The van der Waals surface area contributed by atoms with Gasteiger partial charge < -0.3 is 15.0 Å². The van der Waals surface area contributed by atoms with Crippen molar-refractivity contribution in [2.75, 3.05) is 36.5 Å². The molecule has 0 aliphatic carbocycles. The van der Waals surface area contributed by atoms with Crippen LogP contribution in [0.2, 0.25) is 0 Å². The fraction of sp³-hybridized carbons (Fsp3) is 0.318. The van der Waals surface area contributed by atoms with Gasteiger partial charge in [0.15, 0.2) is 0 Å². The standard InChI is InChI=1S/C22H24N4O2S/c1-15(2)16-3-6-18(7-4-16)24-21(27)19-14-29-22(25-19)17-5-8-20(23-13-17)26-9-11-28-12-10-26/h3-8,13-15H,9-12H2,1-2H3,(H,24,27). The molecule has 1 fully saturated rings. The lowest BCUT2D eigenvalue weighted by molar-refractivity contribution is 0.102. The number of thiazole rings is 1. The number of carbonyl (C=O) groups is 1. The van der Waals surface area contributed by atoms with Crippen LogP contribution in [0.1, 0.15) is 35.8 Å². The molecule has 0 radical (unpaired) electrons. The van der Waals surface area contributed by atoms with Crippen LogP contribution in [0.3, 0.4) is 0 Å². The van der Waals surface area contributed by atoms with Crippen molar-refractivity contribution in [1.82, 2.24) is 9.97 Å². The Balaban J connectivity index is 1.42. The number of nitrogens with one attached hydrogen (secondary N) is 1. The average Bonchev–Trinajstić information content (AvgIpc) is 3.25. The first-order chi connectivity index (χ1) is 14.1. The summed E-state index contributed by atoms with van der Waals surface area (Å²) in [4.78, 5) is 23.8. The normalized spacial score (nSPS) is 14.2. The molecule has 7 heteroatoms. The number of ether oxygens (including phenoxy) is 1. The van der Waals surface area contributed by atoms with Gasteiger partial charge in [0, 0.05) is 35.9 Å². The van der Waals surface area contributed by atoms with Crippen molar-refractivity contribution < 1.29 is 9.53 Å². The maximum atomic E-state index is 12.5. The van der Waals surface area contributed by atoms with Gasteiger partial charge in [-0.1, -0.05) is 26.0 Å². The molecule has 6 nitrogen and oxygen atoms in total. The minimum absolute atomic E-state index is 0.206. The number of amides is 1. The molecule has 4 rings (SSSR count). The van der Waals surface area contributed by atoms with Gasteiger partial charge in [0.1, 0.15) is 16.5 Å². The number of nitrogens with zero attached hydrogens (tertiary/aromatic N) is 3. The monoisotopic (exact) mass is 408 g/mol. The molecule has 1 aliphatic heterocycles. The predicted molar refractivity (Wildman–Crippen MR) is 117 cm³/mol. The number of pyridine rings is 1. The van der Waals surface area contributed by atoms with Crippen molar-refractivity contribution in [2.24, 2.45) is 0 Å². The lowest BCUT2D eigenvalue weighted by atomic mass is 10.0. The Morgan fingerprint density at radius 2 is 1.90 bits per heavy atom. The van der Waals surface area contributed by atoms with Crippen LogP contribution in [0.4, 0.5) is 11.5 Å². The van der Waals surface area contributed by atoms with Gasteiger partial charge in [0.2, 0.25) is 0 Å². The van der Waals surface area contributed by atoms with Crippen LogP contribution >= 0.6 is 11.3 Å². The first-order valence-electron chi connectivity index (χ1n) is 9.76. The van der Waals surface area contributed by atoms with Gasteiger partial charge in [-0.05, 0) is 35.7 Å². The van der Waals surface area contributed by atoms with E-state index in [1.165, 1.54) is 16.9 Å². The summed E-state index contributed by atoms with van der Waals surface area (Å²) in [6, 6.07) is 11.9. The molecule has 150 valence electrons. The molecule has 1 aromatic carbocycles. The minimum Gasteiger partial charge on any atom is -0.378 e. The summed E-state index contributed by atoms with van der Waals surface area (Å²) in [5.74, 6) is 1.20. The summed E-state index contributed by atoms with van der Waals surface area (Å²) in [7, 11) is 0. The van der Waals surface area contributed by atoms with Crippen molar-refractivity contribution in [3.05, 3.63) is 59.2 Å². The Labute approximate surface area is 174 Å². The summed E-state index contributed by atoms with van der Waals surface area (Å²) < 4.78 is 5.38. The maximum absolute atomic E-state index is 12.5. The highest BCUT2D eigenvalue weighted by molar-refractivity contribution is 7.13. The number of carbonyl (C=O) groups excluding carboxylic acids is 1. The Morgan fingerprint density at radius 1 is 1.14 bits per heavy atom. The van der Waals surface area contributed by atoms with Crippen molar-refractivity contribution in [3.63, 3.8) is 0 Å². The number of rotatable bonds is 5. The second-order valence-corrected chi connectivity index (χ2v) is 8.13. The smallest absolute Gasteiger partial charge is 0.275 e. The third-order valence-electron chi connectivity index (χ3n) is 4.90. The first kappa shape index (κ1) is 19.5. The first-order valence-corrected chi connectivity index (χ1v) is 10.6. The fourth-order valence-corrected chi connectivity index (χ4v) is 3.94. The Morgan fingerprint density at radius 3 is 2.55 bits per heavy atom. The van der Waals surface area contributed by atoms with Crippen molar-refractivity contribution in [3.8, 4) is 10.6 Å². The van der Waals surface area contributed by atoms with E-state index in [1.54, 1.807) is 5.38 Å². The summed E-state index contributed by atoms with van der Waals surface area (Å²) in [6.07, 6.45) is 1.82. The van der Waals surface area contributed by atoms with E-state index < -0.39 is 0 Å². The van der Waals surface area contributed by atoms with Crippen LogP contribution in [0, 0.1) is 0 Å². The molecular weight excluding hydrogens is 384 g/mol. The lowest BCUT2D eigenvalue weighted by Gasteiger charge is -2.27. The molecule has 1 aliphatic rings. The molecular formula is C22H24N4O2S. The number of aromatic nitrogens is 2. The number of hydrogen-bond donors (Lipinski definition) is 1. The SMILES string of the molecule is CC(C)c1ccc(NC(=O)c2csc(-c3ccc(N4CCOCC4)nc3)n2)cc1. The molecule has 1 N–H and O–H groups in total. The van der Waals surface area contributed by atoms with Gasteiger partial charge in [-0.3, -0.25) is 4.79 Å². The highest BCUT2D eigenvalue weighted by atomic mass is 32.1. The van der Waals surface area contributed by atoms with Crippen LogP contribution in [0.15, 0.2) is 48.0 Å². The fourth-order valence-electron chi connectivity index (χ4n) is 3.15. The van der Waals surface area contributed by atoms with Crippen LogP contribution in [-0.2, 0) is 4.74 Å². The number of benzene rings is 1. The molecule has 1 saturated heterocycles. The van der Waals surface area contributed by atoms with E-state index in [2.05, 4.69) is 34.0 Å². The van der Waals surface area contributed by atoms with Crippen molar-refractivity contribution in [2.45, 2.75) is 19.8 Å². The van der Waals surface area contributed by atoms with Gasteiger partial charge in [0.25, 0.3) is 5.91 Å². The maximum Gasteiger partial charge on any atom is 0.275 e. The highest BCUT2D eigenvalue weighted by Crippen LogP contribution is 2.25. The van der Waals surface area contributed by atoms with E-state index >= 15 is 0 Å². The molecule has 0 bridgehead atoms. The Bertz CT molecular complexity index is 961. The van der Waals surface area contributed by atoms with E-state index in [4.69, 9.17) is 4.74 Å². The van der Waals surface area contributed by atoms with E-state index in [0.29, 0.717) is 11.6 Å².